The quantitative estimate of drug-likeness (QED) is 0.848. The second-order valence-corrected chi connectivity index (χ2v) is 8.48. The van der Waals surface area contributed by atoms with Gasteiger partial charge in [0.25, 0.3) is 0 Å². The normalized spacial score (nSPS) is 19.0. The van der Waals surface area contributed by atoms with Gasteiger partial charge in [0.05, 0.1) is 17.4 Å². The average Bonchev–Trinajstić information content (AvgIpc) is 3.05. The summed E-state index contributed by atoms with van der Waals surface area (Å²) < 4.78 is 33.1. The Morgan fingerprint density at radius 3 is 2.70 bits per heavy atom. The van der Waals surface area contributed by atoms with Crippen LogP contribution in [0.2, 0.25) is 0 Å². The first-order valence-electron chi connectivity index (χ1n) is 7.37. The molecule has 1 saturated heterocycles. The van der Waals surface area contributed by atoms with Crippen LogP contribution in [0.4, 0.5) is 0 Å². The minimum absolute atomic E-state index is 0.253. The third kappa shape index (κ3) is 3.11. The van der Waals surface area contributed by atoms with Crippen molar-refractivity contribution in [3.63, 3.8) is 0 Å². The summed E-state index contributed by atoms with van der Waals surface area (Å²) in [4.78, 5) is 0.347. The van der Waals surface area contributed by atoms with Crippen molar-refractivity contribution in [1.29, 1.82) is 0 Å². The SMILES string of the molecule is COc1ccccc1[C@H]1SCCN1S(=O)(=O)c1cccc(C)c1. The number of hydrogen-bond acceptors (Lipinski definition) is 4. The number of nitrogens with zero attached hydrogens (tertiary/aromatic N) is 1. The Hall–Kier alpha value is -1.50. The lowest BCUT2D eigenvalue weighted by molar-refractivity contribution is 0.390. The number of thioether (sulfide) groups is 1. The summed E-state index contributed by atoms with van der Waals surface area (Å²) in [7, 11) is -1.92. The Labute approximate surface area is 141 Å². The lowest BCUT2D eigenvalue weighted by atomic mass is 10.2. The van der Waals surface area contributed by atoms with E-state index < -0.39 is 10.0 Å². The molecule has 0 spiro atoms. The van der Waals surface area contributed by atoms with Crippen LogP contribution in [-0.4, -0.2) is 32.1 Å². The van der Waals surface area contributed by atoms with Crippen LogP contribution in [0.1, 0.15) is 16.5 Å². The summed E-state index contributed by atoms with van der Waals surface area (Å²) >= 11 is 1.63. The van der Waals surface area contributed by atoms with E-state index in [0.29, 0.717) is 11.4 Å². The van der Waals surface area contributed by atoms with Gasteiger partial charge in [-0.3, -0.25) is 0 Å². The summed E-state index contributed by atoms with van der Waals surface area (Å²) in [6, 6.07) is 14.7. The first-order chi connectivity index (χ1) is 11.0. The summed E-state index contributed by atoms with van der Waals surface area (Å²) in [5, 5.41) is -0.253. The summed E-state index contributed by atoms with van der Waals surface area (Å²) in [6.45, 7) is 2.40. The van der Waals surface area contributed by atoms with E-state index in [9.17, 15) is 8.42 Å². The van der Waals surface area contributed by atoms with Crippen LogP contribution >= 0.6 is 11.8 Å². The summed E-state index contributed by atoms with van der Waals surface area (Å²) in [5.74, 6) is 1.49. The van der Waals surface area contributed by atoms with Crippen LogP contribution in [-0.2, 0) is 10.0 Å². The molecule has 0 radical (unpaired) electrons. The zero-order valence-corrected chi connectivity index (χ0v) is 14.7. The molecule has 0 N–H and O–H groups in total. The second-order valence-electron chi connectivity index (χ2n) is 5.40. The average molecular weight is 349 g/mol. The van der Waals surface area contributed by atoms with Crippen molar-refractivity contribution in [1.82, 2.24) is 4.31 Å². The monoisotopic (exact) mass is 349 g/mol. The molecule has 1 aliphatic heterocycles. The van der Waals surface area contributed by atoms with Gasteiger partial charge in [0.15, 0.2) is 0 Å². The lowest BCUT2D eigenvalue weighted by Crippen LogP contribution is -2.30. The zero-order chi connectivity index (χ0) is 16.4. The number of ether oxygens (including phenoxy) is 1. The van der Waals surface area contributed by atoms with Gasteiger partial charge < -0.3 is 4.74 Å². The molecule has 0 bridgehead atoms. The maximum absolute atomic E-state index is 13.0. The molecule has 0 unspecified atom stereocenters. The molecule has 23 heavy (non-hydrogen) atoms. The minimum atomic E-state index is -3.53. The standard InChI is InChI=1S/C17H19NO3S2/c1-13-6-5-7-14(12-13)23(19,20)18-10-11-22-17(18)15-8-3-4-9-16(15)21-2/h3-9,12,17H,10-11H2,1-2H3/t17-/m1/s1. The molecule has 2 aromatic rings. The van der Waals surface area contributed by atoms with Gasteiger partial charge in [0.1, 0.15) is 5.75 Å². The molecule has 0 aliphatic carbocycles. The zero-order valence-electron chi connectivity index (χ0n) is 13.1. The maximum atomic E-state index is 13.0. The number of rotatable bonds is 4. The highest BCUT2D eigenvalue weighted by molar-refractivity contribution is 8.01. The second kappa shape index (κ2) is 6.55. The van der Waals surface area contributed by atoms with Gasteiger partial charge in [-0.25, -0.2) is 8.42 Å². The fourth-order valence-corrected chi connectivity index (χ4v) is 6.09. The highest BCUT2D eigenvalue weighted by atomic mass is 32.2. The highest BCUT2D eigenvalue weighted by Gasteiger charge is 2.38. The van der Waals surface area contributed by atoms with E-state index in [0.717, 1.165) is 22.6 Å². The molecule has 1 aliphatic rings. The third-order valence-corrected chi connectivity index (χ3v) is 7.09. The molecule has 1 fully saturated rings. The van der Waals surface area contributed by atoms with E-state index in [1.165, 1.54) is 0 Å². The molecule has 3 rings (SSSR count). The molecular weight excluding hydrogens is 330 g/mol. The predicted molar refractivity (Wildman–Crippen MR) is 93.3 cm³/mol. The smallest absolute Gasteiger partial charge is 0.244 e. The van der Waals surface area contributed by atoms with Crippen LogP contribution in [0.5, 0.6) is 5.75 Å². The molecule has 1 atom stereocenters. The Balaban J connectivity index is 2.01. The number of para-hydroxylation sites is 1. The van der Waals surface area contributed by atoms with E-state index in [1.807, 2.05) is 37.3 Å². The van der Waals surface area contributed by atoms with Gasteiger partial charge in [-0.05, 0) is 30.7 Å². The van der Waals surface area contributed by atoms with Gasteiger partial charge in [-0.2, -0.15) is 4.31 Å². The molecule has 4 nitrogen and oxygen atoms in total. The molecule has 1 heterocycles. The third-order valence-electron chi connectivity index (χ3n) is 3.85. The Morgan fingerprint density at radius 2 is 1.96 bits per heavy atom. The van der Waals surface area contributed by atoms with Gasteiger partial charge in [0.2, 0.25) is 10.0 Å². The number of methoxy groups -OCH3 is 1. The minimum Gasteiger partial charge on any atom is -0.496 e. The fraction of sp³-hybridized carbons (Fsp3) is 0.294. The van der Waals surface area contributed by atoms with E-state index in [-0.39, 0.29) is 5.37 Å². The van der Waals surface area contributed by atoms with Crippen LogP contribution in [0.3, 0.4) is 0 Å². The first kappa shape index (κ1) is 16.4. The van der Waals surface area contributed by atoms with Gasteiger partial charge in [-0.1, -0.05) is 30.3 Å². The number of benzene rings is 2. The first-order valence-corrected chi connectivity index (χ1v) is 9.86. The number of aryl methyl sites for hydroxylation is 1. The highest BCUT2D eigenvalue weighted by Crippen LogP contribution is 2.44. The molecule has 0 amide bonds. The van der Waals surface area contributed by atoms with Crippen molar-refractivity contribution in [2.45, 2.75) is 17.2 Å². The van der Waals surface area contributed by atoms with Crippen LogP contribution in [0.15, 0.2) is 53.4 Å². The van der Waals surface area contributed by atoms with E-state index in [1.54, 1.807) is 41.4 Å². The van der Waals surface area contributed by atoms with Gasteiger partial charge in [-0.15, -0.1) is 11.8 Å². The van der Waals surface area contributed by atoms with Crippen molar-refractivity contribution in [3.8, 4) is 5.75 Å². The van der Waals surface area contributed by atoms with Gasteiger partial charge in [0, 0.05) is 17.9 Å². The molecule has 0 aromatic heterocycles. The topological polar surface area (TPSA) is 46.6 Å². The predicted octanol–water partition coefficient (Wildman–Crippen LogP) is 3.44. The van der Waals surface area contributed by atoms with E-state index >= 15 is 0 Å². The van der Waals surface area contributed by atoms with Crippen LogP contribution in [0, 0.1) is 6.92 Å². The van der Waals surface area contributed by atoms with Crippen molar-refractivity contribution in [2.75, 3.05) is 19.4 Å². The molecule has 6 heteroatoms. The largest absolute Gasteiger partial charge is 0.496 e. The van der Waals surface area contributed by atoms with Crippen LogP contribution in [0.25, 0.3) is 0 Å². The lowest BCUT2D eigenvalue weighted by Gasteiger charge is -2.25. The Morgan fingerprint density at radius 1 is 1.17 bits per heavy atom. The number of sulfonamides is 1. The maximum Gasteiger partial charge on any atom is 0.244 e. The Kier molecular flexibility index (Phi) is 4.66. The van der Waals surface area contributed by atoms with Crippen molar-refractivity contribution in [3.05, 3.63) is 59.7 Å². The van der Waals surface area contributed by atoms with Crippen molar-refractivity contribution < 1.29 is 13.2 Å². The van der Waals surface area contributed by atoms with Crippen LogP contribution < -0.4 is 4.74 Å². The van der Waals surface area contributed by atoms with Crippen molar-refractivity contribution >= 4 is 21.8 Å². The molecule has 2 aromatic carbocycles. The summed E-state index contributed by atoms with van der Waals surface area (Å²) in [5.41, 5.74) is 1.83. The number of hydrogen-bond donors (Lipinski definition) is 0. The fourth-order valence-electron chi connectivity index (χ4n) is 2.73. The van der Waals surface area contributed by atoms with E-state index in [4.69, 9.17) is 4.74 Å². The molecule has 122 valence electrons. The van der Waals surface area contributed by atoms with Crippen molar-refractivity contribution in [2.24, 2.45) is 0 Å². The summed E-state index contributed by atoms with van der Waals surface area (Å²) in [6.07, 6.45) is 0. The molecule has 0 saturated carbocycles. The van der Waals surface area contributed by atoms with E-state index in [2.05, 4.69) is 0 Å². The van der Waals surface area contributed by atoms with Gasteiger partial charge >= 0.3 is 0 Å². The Bertz CT molecular complexity index is 805. The molecular formula is C17H19NO3S2.